The van der Waals surface area contributed by atoms with Crippen molar-refractivity contribution in [2.75, 3.05) is 59.2 Å². The fourth-order valence-corrected chi connectivity index (χ4v) is 3.62. The first-order valence-corrected chi connectivity index (χ1v) is 9.40. The van der Waals surface area contributed by atoms with Crippen LogP contribution in [0.5, 0.6) is 0 Å². The van der Waals surface area contributed by atoms with E-state index in [0.717, 1.165) is 32.6 Å². The monoisotopic (exact) mass is 366 g/mol. The summed E-state index contributed by atoms with van der Waals surface area (Å²) in [6, 6.07) is 0. The van der Waals surface area contributed by atoms with Gasteiger partial charge in [0.25, 0.3) is 5.91 Å². The molecule has 9 heteroatoms. The van der Waals surface area contributed by atoms with Crippen LogP contribution in [0.25, 0.3) is 0 Å². The highest BCUT2D eigenvalue weighted by molar-refractivity contribution is 5.81. The lowest BCUT2D eigenvalue weighted by Crippen LogP contribution is -2.53. The molecule has 144 valence electrons. The number of ether oxygens (including phenoxy) is 3. The molecule has 26 heavy (non-hydrogen) atoms. The van der Waals surface area contributed by atoms with Gasteiger partial charge >= 0.3 is 0 Å². The summed E-state index contributed by atoms with van der Waals surface area (Å²) in [5.41, 5.74) is 0. The van der Waals surface area contributed by atoms with E-state index in [-0.39, 0.29) is 5.91 Å². The predicted octanol–water partition coefficient (Wildman–Crippen LogP) is 0.0232. The van der Waals surface area contributed by atoms with E-state index in [9.17, 15) is 4.79 Å². The number of carbonyl (C=O) groups excluding carboxylic acids is 1. The minimum absolute atomic E-state index is 0.0500. The maximum Gasteiger partial charge on any atom is 0.253 e. The van der Waals surface area contributed by atoms with Gasteiger partial charge in [-0.15, -0.1) is 0 Å². The van der Waals surface area contributed by atoms with Crippen LogP contribution in [0.15, 0.2) is 4.52 Å². The Kier molecular flexibility index (Phi) is 5.78. The van der Waals surface area contributed by atoms with Crippen molar-refractivity contribution in [3.63, 3.8) is 0 Å². The van der Waals surface area contributed by atoms with Gasteiger partial charge in [0, 0.05) is 45.3 Å². The van der Waals surface area contributed by atoms with Crippen LogP contribution in [-0.2, 0) is 25.5 Å². The molecular weight excluding hydrogens is 340 g/mol. The quantitative estimate of drug-likeness (QED) is 0.737. The Morgan fingerprint density at radius 3 is 2.62 bits per heavy atom. The van der Waals surface area contributed by atoms with E-state index in [1.54, 1.807) is 0 Å². The Morgan fingerprint density at radius 1 is 1.04 bits per heavy atom. The fourth-order valence-electron chi connectivity index (χ4n) is 3.62. The molecule has 0 aliphatic carbocycles. The van der Waals surface area contributed by atoms with Crippen LogP contribution in [0.3, 0.4) is 0 Å². The summed E-state index contributed by atoms with van der Waals surface area (Å²) in [5, 5.41) is 4.12. The topological polar surface area (TPSA) is 90.2 Å². The lowest BCUT2D eigenvalue weighted by atomic mass is 10.0. The first-order valence-electron chi connectivity index (χ1n) is 9.40. The molecule has 9 nitrogen and oxygen atoms in total. The Hall–Kier alpha value is -1.55. The number of carbonyl (C=O) groups is 1. The second-order valence-corrected chi connectivity index (χ2v) is 6.97. The largest absolute Gasteiger partial charge is 0.381 e. The normalized spacial score (nSPS) is 26.2. The maximum atomic E-state index is 12.6. The summed E-state index contributed by atoms with van der Waals surface area (Å²) in [4.78, 5) is 21.2. The summed E-state index contributed by atoms with van der Waals surface area (Å²) < 4.78 is 21.8. The van der Waals surface area contributed by atoms with Crippen molar-refractivity contribution in [2.24, 2.45) is 0 Å². The van der Waals surface area contributed by atoms with Gasteiger partial charge in [0.15, 0.2) is 5.82 Å². The zero-order valence-corrected chi connectivity index (χ0v) is 15.0. The molecule has 0 saturated carbocycles. The third-order valence-corrected chi connectivity index (χ3v) is 5.17. The van der Waals surface area contributed by atoms with Crippen LogP contribution in [0, 0.1) is 0 Å². The zero-order valence-electron chi connectivity index (χ0n) is 15.0. The number of nitrogens with zero attached hydrogens (tertiary/aromatic N) is 4. The van der Waals surface area contributed by atoms with E-state index in [2.05, 4.69) is 15.0 Å². The Labute approximate surface area is 152 Å². The Bertz CT molecular complexity index is 598. The number of rotatable bonds is 4. The highest BCUT2D eigenvalue weighted by Crippen LogP contribution is 2.25. The molecule has 3 saturated heterocycles. The van der Waals surface area contributed by atoms with Gasteiger partial charge in [-0.2, -0.15) is 4.98 Å². The van der Waals surface area contributed by atoms with Crippen molar-refractivity contribution in [2.45, 2.75) is 31.4 Å². The first kappa shape index (κ1) is 17.8. The molecule has 0 N–H and O–H groups in total. The smallest absolute Gasteiger partial charge is 0.253 e. The third kappa shape index (κ3) is 4.22. The number of hydrogen-bond donors (Lipinski definition) is 0. The Balaban J connectivity index is 1.32. The molecule has 1 atom stereocenters. The molecule has 1 aromatic rings. The molecular formula is C17H26N4O5. The van der Waals surface area contributed by atoms with Crippen molar-refractivity contribution < 1.29 is 23.5 Å². The Morgan fingerprint density at radius 2 is 1.81 bits per heavy atom. The van der Waals surface area contributed by atoms with Crippen LogP contribution in [0.1, 0.15) is 30.5 Å². The van der Waals surface area contributed by atoms with Gasteiger partial charge in [0.05, 0.1) is 26.4 Å². The number of hydrogen-bond acceptors (Lipinski definition) is 8. The standard InChI is InChI=1S/C17H26N4O5/c22-17(21-4-8-24-9-5-21)14-11-20(3-10-25-14)12-15-18-16(26-19-15)13-1-6-23-7-2-13/h13-14H,1-12H2. The van der Waals surface area contributed by atoms with Crippen LogP contribution in [0.2, 0.25) is 0 Å². The SMILES string of the molecule is O=C(C1CN(Cc2noc(C3CCOCC3)n2)CCO1)N1CCOCC1. The van der Waals surface area contributed by atoms with Gasteiger partial charge in [-0.25, -0.2) is 0 Å². The lowest BCUT2D eigenvalue weighted by molar-refractivity contribution is -0.153. The van der Waals surface area contributed by atoms with Crippen LogP contribution < -0.4 is 0 Å². The number of aromatic nitrogens is 2. The van der Waals surface area contributed by atoms with E-state index < -0.39 is 6.10 Å². The molecule has 0 spiro atoms. The molecule has 4 rings (SSSR count). The van der Waals surface area contributed by atoms with E-state index in [0.29, 0.717) is 63.6 Å². The summed E-state index contributed by atoms with van der Waals surface area (Å²) in [7, 11) is 0. The van der Waals surface area contributed by atoms with Crippen molar-refractivity contribution in [1.82, 2.24) is 19.9 Å². The van der Waals surface area contributed by atoms with Gasteiger partial charge in [-0.05, 0) is 12.8 Å². The highest BCUT2D eigenvalue weighted by atomic mass is 16.5. The predicted molar refractivity (Wildman–Crippen MR) is 89.5 cm³/mol. The number of amides is 1. The van der Waals surface area contributed by atoms with E-state index >= 15 is 0 Å². The van der Waals surface area contributed by atoms with E-state index in [1.165, 1.54) is 0 Å². The van der Waals surface area contributed by atoms with Crippen molar-refractivity contribution in [3.05, 3.63) is 11.7 Å². The molecule has 0 bridgehead atoms. The molecule has 0 aromatic carbocycles. The minimum atomic E-state index is -0.427. The molecule has 3 aliphatic heterocycles. The van der Waals surface area contributed by atoms with Gasteiger partial charge in [0.2, 0.25) is 5.89 Å². The zero-order chi connectivity index (χ0) is 17.8. The molecule has 1 unspecified atom stereocenters. The molecule has 1 amide bonds. The van der Waals surface area contributed by atoms with Crippen LogP contribution >= 0.6 is 0 Å². The summed E-state index contributed by atoms with van der Waals surface area (Å²) in [6.45, 7) is 6.38. The van der Waals surface area contributed by atoms with Gasteiger partial charge in [-0.3, -0.25) is 9.69 Å². The van der Waals surface area contributed by atoms with E-state index in [1.807, 2.05) is 4.90 Å². The van der Waals surface area contributed by atoms with Gasteiger partial charge < -0.3 is 23.6 Å². The highest BCUT2D eigenvalue weighted by Gasteiger charge is 2.31. The number of morpholine rings is 2. The van der Waals surface area contributed by atoms with Crippen LogP contribution in [0.4, 0.5) is 0 Å². The molecule has 0 radical (unpaired) electrons. The summed E-state index contributed by atoms with van der Waals surface area (Å²) in [5.74, 6) is 1.72. The van der Waals surface area contributed by atoms with Crippen LogP contribution in [-0.4, -0.2) is 91.2 Å². The molecule has 3 aliphatic rings. The fraction of sp³-hybridized carbons (Fsp3) is 0.824. The van der Waals surface area contributed by atoms with Gasteiger partial charge in [-0.1, -0.05) is 5.16 Å². The summed E-state index contributed by atoms with van der Waals surface area (Å²) >= 11 is 0. The molecule has 3 fully saturated rings. The maximum absolute atomic E-state index is 12.6. The second kappa shape index (κ2) is 8.43. The van der Waals surface area contributed by atoms with E-state index in [4.69, 9.17) is 18.7 Å². The average molecular weight is 366 g/mol. The second-order valence-electron chi connectivity index (χ2n) is 6.97. The lowest BCUT2D eigenvalue weighted by Gasteiger charge is -2.35. The summed E-state index contributed by atoms with van der Waals surface area (Å²) in [6.07, 6.45) is 1.42. The van der Waals surface area contributed by atoms with Crippen molar-refractivity contribution in [1.29, 1.82) is 0 Å². The molecule has 1 aromatic heterocycles. The molecule has 4 heterocycles. The first-order chi connectivity index (χ1) is 12.8. The third-order valence-electron chi connectivity index (χ3n) is 5.17. The van der Waals surface area contributed by atoms with Gasteiger partial charge in [0.1, 0.15) is 6.10 Å². The van der Waals surface area contributed by atoms with Crippen molar-refractivity contribution >= 4 is 5.91 Å². The van der Waals surface area contributed by atoms with Crippen molar-refractivity contribution in [3.8, 4) is 0 Å². The average Bonchev–Trinajstić information content (AvgIpc) is 3.17. The minimum Gasteiger partial charge on any atom is -0.381 e.